The summed E-state index contributed by atoms with van der Waals surface area (Å²) in [6.07, 6.45) is 4.74. The summed E-state index contributed by atoms with van der Waals surface area (Å²) in [4.78, 5) is 11.6. The SMILES string of the molecule is Cc1nc2c(N3CCCCC(C)CC3)nc3cc(F)c(Cl)cc3c2o1. The third-order valence-electron chi connectivity index (χ3n) is 5.02. The van der Waals surface area contributed by atoms with Gasteiger partial charge in [0.05, 0.1) is 10.5 Å². The Morgan fingerprint density at radius 2 is 2.04 bits per heavy atom. The molecule has 2 aromatic heterocycles. The zero-order valence-electron chi connectivity index (χ0n) is 14.5. The van der Waals surface area contributed by atoms with Gasteiger partial charge in [0.1, 0.15) is 5.82 Å². The molecule has 0 aliphatic carbocycles. The molecule has 0 bridgehead atoms. The highest BCUT2D eigenvalue weighted by atomic mass is 35.5. The fourth-order valence-corrected chi connectivity index (χ4v) is 3.76. The predicted octanol–water partition coefficient (Wildman–Crippen LogP) is 5.49. The molecule has 0 spiro atoms. The van der Waals surface area contributed by atoms with Gasteiger partial charge in [0.2, 0.25) is 0 Å². The highest BCUT2D eigenvalue weighted by molar-refractivity contribution is 6.31. The number of aromatic nitrogens is 2. The number of rotatable bonds is 1. The van der Waals surface area contributed by atoms with Gasteiger partial charge >= 0.3 is 0 Å². The van der Waals surface area contributed by atoms with Crippen molar-refractivity contribution in [3.8, 4) is 0 Å². The molecule has 3 heterocycles. The van der Waals surface area contributed by atoms with E-state index in [0.717, 1.165) is 37.3 Å². The van der Waals surface area contributed by atoms with Crippen molar-refractivity contribution in [2.75, 3.05) is 18.0 Å². The standard InChI is InChI=1S/C19H21ClFN3O/c1-11-5-3-4-7-24(8-6-11)19-17-18(25-12(2)22-17)13-9-14(20)15(21)10-16(13)23-19/h9-11H,3-8H2,1-2H3. The van der Waals surface area contributed by atoms with Gasteiger partial charge in [-0.15, -0.1) is 0 Å². The second-order valence-corrected chi connectivity index (χ2v) is 7.41. The van der Waals surface area contributed by atoms with Crippen LogP contribution in [0.4, 0.5) is 10.2 Å². The number of fused-ring (bicyclic) bond motifs is 3. The highest BCUT2D eigenvalue weighted by Gasteiger charge is 2.21. The van der Waals surface area contributed by atoms with E-state index in [1.54, 1.807) is 6.07 Å². The first-order valence-corrected chi connectivity index (χ1v) is 9.21. The van der Waals surface area contributed by atoms with Crippen LogP contribution >= 0.6 is 11.6 Å². The third-order valence-corrected chi connectivity index (χ3v) is 5.31. The van der Waals surface area contributed by atoms with Crippen LogP contribution in [0.3, 0.4) is 0 Å². The normalized spacial score (nSPS) is 19.4. The maximum atomic E-state index is 14.0. The molecule has 4 rings (SSSR count). The summed E-state index contributed by atoms with van der Waals surface area (Å²) >= 11 is 5.96. The second kappa shape index (κ2) is 6.45. The maximum Gasteiger partial charge on any atom is 0.192 e. The van der Waals surface area contributed by atoms with Crippen molar-refractivity contribution in [1.29, 1.82) is 0 Å². The Kier molecular flexibility index (Phi) is 4.28. The Balaban J connectivity index is 1.90. The Hall–Kier alpha value is -1.88. The van der Waals surface area contributed by atoms with E-state index in [1.165, 1.54) is 18.9 Å². The van der Waals surface area contributed by atoms with Crippen LogP contribution in [-0.4, -0.2) is 23.1 Å². The fourth-order valence-electron chi connectivity index (χ4n) is 3.60. The molecule has 0 amide bonds. The summed E-state index contributed by atoms with van der Waals surface area (Å²) in [6.45, 7) is 5.97. The lowest BCUT2D eigenvalue weighted by Crippen LogP contribution is -2.29. The van der Waals surface area contributed by atoms with E-state index in [9.17, 15) is 4.39 Å². The number of aryl methyl sites for hydroxylation is 1. The van der Waals surface area contributed by atoms with E-state index in [2.05, 4.69) is 16.8 Å². The monoisotopic (exact) mass is 361 g/mol. The number of pyridine rings is 1. The molecule has 1 aliphatic heterocycles. The first-order valence-electron chi connectivity index (χ1n) is 8.84. The highest BCUT2D eigenvalue weighted by Crippen LogP contribution is 2.35. The molecule has 1 atom stereocenters. The first-order chi connectivity index (χ1) is 12.0. The Morgan fingerprint density at radius 1 is 1.20 bits per heavy atom. The van der Waals surface area contributed by atoms with E-state index in [4.69, 9.17) is 21.0 Å². The average Bonchev–Trinajstić information content (AvgIpc) is 2.94. The quantitative estimate of drug-likeness (QED) is 0.574. The van der Waals surface area contributed by atoms with Gasteiger partial charge in [-0.3, -0.25) is 0 Å². The summed E-state index contributed by atoms with van der Waals surface area (Å²) < 4.78 is 19.8. The topological polar surface area (TPSA) is 42.2 Å². The Bertz CT molecular complexity index is 939. The van der Waals surface area contributed by atoms with Crippen molar-refractivity contribution in [2.24, 2.45) is 5.92 Å². The molecule has 0 saturated carbocycles. The van der Waals surface area contributed by atoms with Crippen molar-refractivity contribution in [2.45, 2.75) is 39.5 Å². The van der Waals surface area contributed by atoms with E-state index < -0.39 is 5.82 Å². The summed E-state index contributed by atoms with van der Waals surface area (Å²) in [6, 6.07) is 2.95. The molecule has 1 unspecified atom stereocenters. The van der Waals surface area contributed by atoms with Crippen LogP contribution in [0.15, 0.2) is 16.5 Å². The lowest BCUT2D eigenvalue weighted by Gasteiger charge is -2.28. The van der Waals surface area contributed by atoms with E-state index in [1.807, 2.05) is 6.92 Å². The fraction of sp³-hybridized carbons (Fsp3) is 0.474. The molecule has 6 heteroatoms. The van der Waals surface area contributed by atoms with Crippen molar-refractivity contribution < 1.29 is 8.81 Å². The van der Waals surface area contributed by atoms with Crippen molar-refractivity contribution in [3.63, 3.8) is 0 Å². The van der Waals surface area contributed by atoms with Crippen LogP contribution in [0.2, 0.25) is 5.02 Å². The molecule has 1 fully saturated rings. The van der Waals surface area contributed by atoms with Gasteiger partial charge in [0.15, 0.2) is 22.8 Å². The molecule has 25 heavy (non-hydrogen) atoms. The van der Waals surface area contributed by atoms with Gasteiger partial charge in [-0.2, -0.15) is 0 Å². The Labute approximate surface area is 151 Å². The summed E-state index contributed by atoms with van der Waals surface area (Å²) in [5, 5.41) is 0.767. The molecule has 3 aromatic rings. The molecular formula is C19H21ClFN3O. The summed E-state index contributed by atoms with van der Waals surface area (Å²) in [5.41, 5.74) is 1.92. The molecule has 132 valence electrons. The van der Waals surface area contributed by atoms with Gasteiger partial charge in [0, 0.05) is 31.5 Å². The number of hydrogen-bond acceptors (Lipinski definition) is 4. The minimum atomic E-state index is -0.468. The van der Waals surface area contributed by atoms with Crippen LogP contribution in [0, 0.1) is 18.7 Å². The predicted molar refractivity (Wildman–Crippen MR) is 98.9 cm³/mol. The largest absolute Gasteiger partial charge is 0.440 e. The second-order valence-electron chi connectivity index (χ2n) is 7.01. The zero-order valence-corrected chi connectivity index (χ0v) is 15.2. The van der Waals surface area contributed by atoms with Crippen LogP contribution in [0.25, 0.3) is 22.0 Å². The summed E-state index contributed by atoms with van der Waals surface area (Å²) in [7, 11) is 0. The van der Waals surface area contributed by atoms with Gasteiger partial charge in [-0.25, -0.2) is 14.4 Å². The van der Waals surface area contributed by atoms with Crippen molar-refractivity contribution in [3.05, 3.63) is 28.9 Å². The van der Waals surface area contributed by atoms with Gasteiger partial charge in [0.25, 0.3) is 0 Å². The van der Waals surface area contributed by atoms with Crippen LogP contribution in [-0.2, 0) is 0 Å². The molecule has 1 aliphatic rings. The molecule has 0 radical (unpaired) electrons. The third kappa shape index (κ3) is 3.06. The smallest absolute Gasteiger partial charge is 0.192 e. The molecule has 4 nitrogen and oxygen atoms in total. The minimum absolute atomic E-state index is 0.0671. The number of halogens is 2. The first kappa shape index (κ1) is 16.6. The number of hydrogen-bond donors (Lipinski definition) is 0. The van der Waals surface area contributed by atoms with Gasteiger partial charge < -0.3 is 9.32 Å². The summed E-state index contributed by atoms with van der Waals surface area (Å²) in [5.74, 6) is 1.60. The van der Waals surface area contributed by atoms with E-state index in [-0.39, 0.29) is 5.02 Å². The molecular weight excluding hydrogens is 341 g/mol. The zero-order chi connectivity index (χ0) is 17.6. The number of nitrogens with zero attached hydrogens (tertiary/aromatic N) is 3. The van der Waals surface area contributed by atoms with Crippen LogP contribution in [0.1, 0.15) is 38.5 Å². The van der Waals surface area contributed by atoms with Crippen LogP contribution in [0.5, 0.6) is 0 Å². The van der Waals surface area contributed by atoms with Gasteiger partial charge in [-0.1, -0.05) is 31.4 Å². The lowest BCUT2D eigenvalue weighted by molar-refractivity contribution is 0.437. The van der Waals surface area contributed by atoms with Crippen molar-refractivity contribution >= 4 is 39.4 Å². The molecule has 0 N–H and O–H groups in total. The molecule has 1 aromatic carbocycles. The number of anilines is 1. The maximum absolute atomic E-state index is 14.0. The average molecular weight is 362 g/mol. The minimum Gasteiger partial charge on any atom is -0.440 e. The number of oxazole rings is 1. The van der Waals surface area contributed by atoms with Crippen LogP contribution < -0.4 is 4.90 Å². The molecule has 1 saturated heterocycles. The van der Waals surface area contributed by atoms with Gasteiger partial charge in [-0.05, 0) is 24.8 Å². The number of benzene rings is 1. The van der Waals surface area contributed by atoms with Crippen molar-refractivity contribution in [1.82, 2.24) is 9.97 Å². The lowest BCUT2D eigenvalue weighted by atomic mass is 9.98. The van der Waals surface area contributed by atoms with E-state index >= 15 is 0 Å². The Morgan fingerprint density at radius 3 is 2.88 bits per heavy atom. The van der Waals surface area contributed by atoms with E-state index in [0.29, 0.717) is 28.3 Å².